The highest BCUT2D eigenvalue weighted by molar-refractivity contribution is 6.64. The van der Waals surface area contributed by atoms with E-state index in [1.54, 1.807) is 0 Å². The molecule has 0 aliphatic carbocycles. The van der Waals surface area contributed by atoms with Crippen LogP contribution in [-0.2, 0) is 25.2 Å². The third-order valence-corrected chi connectivity index (χ3v) is 5.14. The Balaban J connectivity index is 2.70. The van der Waals surface area contributed by atoms with E-state index in [0.717, 1.165) is 12.8 Å². The van der Waals surface area contributed by atoms with Crippen molar-refractivity contribution < 1.29 is 28.4 Å². The molecule has 0 aromatic carbocycles. The molecular formula is C18H27BN2O6. The van der Waals surface area contributed by atoms with Gasteiger partial charge in [-0.3, -0.25) is 0 Å². The number of carbonyl (C=O) groups excluding carboxylic acids is 2. The maximum atomic E-state index is 12.3. The van der Waals surface area contributed by atoms with E-state index in [1.165, 1.54) is 14.2 Å². The number of rotatable bonds is 6. The average molecular weight is 378 g/mol. The SMILES string of the molecule is CCCCc1c(C(=O)OC)nnc(C(=O)OC)c1B1OC(C)(C)C(C)(C)O1. The molecule has 0 spiro atoms. The largest absolute Gasteiger partial charge is 0.497 e. The van der Waals surface area contributed by atoms with Crippen LogP contribution in [0.15, 0.2) is 0 Å². The summed E-state index contributed by atoms with van der Waals surface area (Å²) in [4.78, 5) is 24.6. The van der Waals surface area contributed by atoms with Crippen LogP contribution >= 0.6 is 0 Å². The van der Waals surface area contributed by atoms with Gasteiger partial charge in [0.2, 0.25) is 0 Å². The second-order valence-corrected chi connectivity index (χ2v) is 7.46. The monoisotopic (exact) mass is 378 g/mol. The topological polar surface area (TPSA) is 96.8 Å². The second kappa shape index (κ2) is 7.94. The van der Waals surface area contributed by atoms with E-state index < -0.39 is 30.3 Å². The smallest absolute Gasteiger partial charge is 0.464 e. The van der Waals surface area contributed by atoms with Crippen LogP contribution in [0.1, 0.15) is 74.0 Å². The minimum Gasteiger partial charge on any atom is -0.464 e. The molecule has 1 fully saturated rings. The first-order valence-corrected chi connectivity index (χ1v) is 9.01. The van der Waals surface area contributed by atoms with Crippen LogP contribution in [0, 0.1) is 0 Å². The van der Waals surface area contributed by atoms with Gasteiger partial charge in [0, 0.05) is 5.46 Å². The second-order valence-electron chi connectivity index (χ2n) is 7.46. The summed E-state index contributed by atoms with van der Waals surface area (Å²) in [6, 6.07) is 0. The van der Waals surface area contributed by atoms with Crippen molar-refractivity contribution in [2.45, 2.75) is 65.1 Å². The first-order chi connectivity index (χ1) is 12.6. The summed E-state index contributed by atoms with van der Waals surface area (Å²) in [5.41, 5.74) is -0.288. The summed E-state index contributed by atoms with van der Waals surface area (Å²) in [5.74, 6) is -1.29. The lowest BCUT2D eigenvalue weighted by molar-refractivity contribution is 0.00578. The van der Waals surface area contributed by atoms with Crippen LogP contribution in [0.2, 0.25) is 0 Å². The molecule has 1 aromatic rings. The number of nitrogens with zero attached hydrogens (tertiary/aromatic N) is 2. The predicted molar refractivity (Wildman–Crippen MR) is 99.0 cm³/mol. The lowest BCUT2D eigenvalue weighted by Crippen LogP contribution is -2.43. The summed E-state index contributed by atoms with van der Waals surface area (Å²) < 4.78 is 22.0. The van der Waals surface area contributed by atoms with Crippen molar-refractivity contribution in [1.29, 1.82) is 0 Å². The highest BCUT2D eigenvalue weighted by Crippen LogP contribution is 2.37. The van der Waals surface area contributed by atoms with Crippen LogP contribution in [0.5, 0.6) is 0 Å². The molecule has 0 radical (unpaired) electrons. The molecule has 2 rings (SSSR count). The zero-order valence-electron chi connectivity index (χ0n) is 17.0. The van der Waals surface area contributed by atoms with Crippen molar-refractivity contribution in [3.63, 3.8) is 0 Å². The molecule has 8 nitrogen and oxygen atoms in total. The molecule has 2 heterocycles. The number of aromatic nitrogens is 2. The molecule has 148 valence electrons. The van der Waals surface area contributed by atoms with Crippen molar-refractivity contribution >= 4 is 24.5 Å². The number of esters is 2. The van der Waals surface area contributed by atoms with Gasteiger partial charge in [-0.05, 0) is 46.1 Å². The van der Waals surface area contributed by atoms with E-state index >= 15 is 0 Å². The lowest BCUT2D eigenvalue weighted by Gasteiger charge is -2.32. The summed E-state index contributed by atoms with van der Waals surface area (Å²) in [6.07, 6.45) is 2.17. The summed E-state index contributed by atoms with van der Waals surface area (Å²) in [5, 5.41) is 7.88. The van der Waals surface area contributed by atoms with E-state index in [-0.39, 0.29) is 11.4 Å². The molecule has 9 heteroatoms. The van der Waals surface area contributed by atoms with Crippen molar-refractivity contribution in [2.24, 2.45) is 0 Å². The number of ether oxygens (including phenoxy) is 2. The molecule has 1 aliphatic rings. The van der Waals surface area contributed by atoms with Gasteiger partial charge in [0.05, 0.1) is 25.4 Å². The lowest BCUT2D eigenvalue weighted by atomic mass is 9.73. The van der Waals surface area contributed by atoms with Crippen molar-refractivity contribution in [3.05, 3.63) is 17.0 Å². The van der Waals surface area contributed by atoms with Gasteiger partial charge in [0.1, 0.15) is 0 Å². The fourth-order valence-corrected chi connectivity index (χ4v) is 2.81. The van der Waals surface area contributed by atoms with Gasteiger partial charge in [-0.1, -0.05) is 13.3 Å². The number of hydrogen-bond donors (Lipinski definition) is 0. The van der Waals surface area contributed by atoms with Crippen LogP contribution in [0.4, 0.5) is 0 Å². The van der Waals surface area contributed by atoms with Gasteiger partial charge in [0.25, 0.3) is 0 Å². The molecule has 1 saturated heterocycles. The predicted octanol–water partition coefficient (Wildman–Crippen LogP) is 1.69. The first-order valence-electron chi connectivity index (χ1n) is 9.01. The minimum atomic E-state index is -0.880. The Kier molecular flexibility index (Phi) is 6.26. The Morgan fingerprint density at radius 1 is 0.963 bits per heavy atom. The first kappa shape index (κ1) is 21.3. The summed E-state index contributed by atoms with van der Waals surface area (Å²) in [6.45, 7) is 9.67. The number of carbonyl (C=O) groups is 2. The molecule has 0 unspecified atom stereocenters. The molecular weight excluding hydrogens is 351 g/mol. The highest BCUT2D eigenvalue weighted by Gasteiger charge is 2.54. The average Bonchev–Trinajstić information content (AvgIpc) is 2.84. The van der Waals surface area contributed by atoms with Gasteiger partial charge in [0.15, 0.2) is 11.4 Å². The van der Waals surface area contributed by atoms with Crippen molar-refractivity contribution in [2.75, 3.05) is 14.2 Å². The molecule has 0 bridgehead atoms. The Morgan fingerprint density at radius 2 is 1.44 bits per heavy atom. The third-order valence-electron chi connectivity index (χ3n) is 5.14. The molecule has 0 saturated carbocycles. The Labute approximate surface area is 160 Å². The quantitative estimate of drug-likeness (QED) is 0.545. The number of methoxy groups -OCH3 is 2. The van der Waals surface area contributed by atoms with Crippen LogP contribution in [0.25, 0.3) is 0 Å². The number of hydrogen-bond acceptors (Lipinski definition) is 8. The maximum Gasteiger partial charge on any atom is 0.497 e. The van der Waals surface area contributed by atoms with E-state index in [2.05, 4.69) is 10.2 Å². The molecule has 1 aromatic heterocycles. The van der Waals surface area contributed by atoms with Crippen LogP contribution in [-0.4, -0.2) is 54.7 Å². The fraction of sp³-hybridized carbons (Fsp3) is 0.667. The summed E-state index contributed by atoms with van der Waals surface area (Å²) in [7, 11) is 1.66. The zero-order valence-corrected chi connectivity index (χ0v) is 17.0. The third kappa shape index (κ3) is 3.99. The van der Waals surface area contributed by atoms with Gasteiger partial charge in [-0.25, -0.2) is 9.59 Å². The molecule has 0 amide bonds. The Hall–Kier alpha value is -2.00. The van der Waals surface area contributed by atoms with Crippen LogP contribution in [0.3, 0.4) is 0 Å². The van der Waals surface area contributed by atoms with E-state index in [1.807, 2.05) is 34.6 Å². The van der Waals surface area contributed by atoms with Gasteiger partial charge >= 0.3 is 19.1 Å². The van der Waals surface area contributed by atoms with Crippen LogP contribution < -0.4 is 5.46 Å². The maximum absolute atomic E-state index is 12.3. The standard InChI is InChI=1S/C18H27BN2O6/c1-8-9-10-11-12(19-26-17(2,3)18(4,5)27-19)14(16(23)25-7)21-20-13(11)15(22)24-6/h8-10H2,1-7H3. The molecule has 1 aliphatic heterocycles. The van der Waals surface area contributed by atoms with Gasteiger partial charge in [-0.15, -0.1) is 10.2 Å². The van der Waals surface area contributed by atoms with E-state index in [0.29, 0.717) is 17.4 Å². The van der Waals surface area contributed by atoms with E-state index in [9.17, 15) is 9.59 Å². The number of unbranched alkanes of at least 4 members (excludes halogenated alkanes) is 1. The zero-order chi connectivity index (χ0) is 20.4. The highest BCUT2D eigenvalue weighted by atomic mass is 16.7. The fourth-order valence-electron chi connectivity index (χ4n) is 2.81. The van der Waals surface area contributed by atoms with Crippen molar-refractivity contribution in [3.8, 4) is 0 Å². The minimum absolute atomic E-state index is 0.0187. The normalized spacial score (nSPS) is 17.7. The summed E-state index contributed by atoms with van der Waals surface area (Å²) >= 11 is 0. The molecule has 0 atom stereocenters. The Morgan fingerprint density at radius 3 is 1.93 bits per heavy atom. The Bertz CT molecular complexity index is 719. The van der Waals surface area contributed by atoms with Gasteiger partial charge < -0.3 is 18.8 Å². The molecule has 27 heavy (non-hydrogen) atoms. The van der Waals surface area contributed by atoms with Gasteiger partial charge in [-0.2, -0.15) is 0 Å². The van der Waals surface area contributed by atoms with E-state index in [4.69, 9.17) is 18.8 Å². The van der Waals surface area contributed by atoms with Crippen molar-refractivity contribution in [1.82, 2.24) is 10.2 Å². The molecule has 0 N–H and O–H groups in total.